The van der Waals surface area contributed by atoms with Crippen LogP contribution in [0.1, 0.15) is 52.5 Å². The molecule has 4 nitrogen and oxygen atoms in total. The molecule has 1 aromatic carbocycles. The maximum atomic E-state index is 12.6. The minimum atomic E-state index is -0.446. The first-order chi connectivity index (χ1) is 11.4. The van der Waals surface area contributed by atoms with E-state index in [0.717, 1.165) is 12.0 Å². The molecule has 0 unspecified atom stereocenters. The Balaban J connectivity index is 2.94. The molecule has 0 fully saturated rings. The Morgan fingerprint density at radius 2 is 1.79 bits per heavy atom. The molecular weight excluding hydrogens is 324 g/mol. The Labute approximate surface area is 150 Å². The van der Waals surface area contributed by atoms with Crippen LogP contribution in [0.15, 0.2) is 24.3 Å². The summed E-state index contributed by atoms with van der Waals surface area (Å²) in [4.78, 5) is 26.8. The van der Waals surface area contributed by atoms with Crippen LogP contribution in [0.5, 0.6) is 0 Å². The van der Waals surface area contributed by atoms with Crippen LogP contribution >= 0.6 is 11.6 Å². The number of halogens is 1. The van der Waals surface area contributed by atoms with E-state index in [-0.39, 0.29) is 11.8 Å². The number of hydrogen-bond acceptors (Lipinski definition) is 2. The van der Waals surface area contributed by atoms with Crippen molar-refractivity contribution in [1.82, 2.24) is 10.2 Å². The maximum Gasteiger partial charge on any atom is 0.242 e. The summed E-state index contributed by atoms with van der Waals surface area (Å²) in [6, 6.07) is 6.96. The molecule has 0 saturated heterocycles. The van der Waals surface area contributed by atoms with Gasteiger partial charge < -0.3 is 10.2 Å². The van der Waals surface area contributed by atoms with Crippen LogP contribution in [0.4, 0.5) is 0 Å². The molecule has 0 aliphatic rings. The van der Waals surface area contributed by atoms with Crippen molar-refractivity contribution in [3.63, 3.8) is 0 Å². The molecule has 0 radical (unpaired) electrons. The van der Waals surface area contributed by atoms with Gasteiger partial charge in [0.2, 0.25) is 11.8 Å². The summed E-state index contributed by atoms with van der Waals surface area (Å²) in [5.41, 5.74) is 0.971. The molecular formula is C19H29ClN2O2. The molecule has 0 heterocycles. The fraction of sp³-hybridized carbons (Fsp3) is 0.579. The first-order valence-corrected chi connectivity index (χ1v) is 9.08. The topological polar surface area (TPSA) is 49.4 Å². The Kier molecular flexibility index (Phi) is 8.83. The van der Waals surface area contributed by atoms with E-state index in [1.165, 1.54) is 0 Å². The van der Waals surface area contributed by atoms with Crippen LogP contribution in [0.25, 0.3) is 0 Å². The van der Waals surface area contributed by atoms with E-state index in [1.54, 1.807) is 17.0 Å². The van der Waals surface area contributed by atoms with Crippen molar-refractivity contribution in [1.29, 1.82) is 0 Å². The van der Waals surface area contributed by atoms with Gasteiger partial charge in [0.05, 0.1) is 0 Å². The van der Waals surface area contributed by atoms with E-state index in [2.05, 4.69) is 19.2 Å². The number of amides is 2. The van der Waals surface area contributed by atoms with Gasteiger partial charge in [0.15, 0.2) is 0 Å². The van der Waals surface area contributed by atoms with Gasteiger partial charge in [0.25, 0.3) is 0 Å². The van der Waals surface area contributed by atoms with Crippen LogP contribution < -0.4 is 5.32 Å². The zero-order valence-electron chi connectivity index (χ0n) is 15.1. The molecule has 0 aliphatic heterocycles. The lowest BCUT2D eigenvalue weighted by atomic mass is 10.1. The van der Waals surface area contributed by atoms with Crippen molar-refractivity contribution in [3.05, 3.63) is 34.9 Å². The van der Waals surface area contributed by atoms with Gasteiger partial charge in [0.1, 0.15) is 6.04 Å². The number of benzene rings is 1. The number of carbonyl (C=O) groups excluding carboxylic acids is 2. The number of hydrogen-bond donors (Lipinski definition) is 1. The third-order valence-corrected chi connectivity index (χ3v) is 4.05. The fourth-order valence-corrected chi connectivity index (χ4v) is 2.61. The van der Waals surface area contributed by atoms with Gasteiger partial charge in [-0.15, -0.1) is 0 Å². The second-order valence-electron chi connectivity index (χ2n) is 6.46. The summed E-state index contributed by atoms with van der Waals surface area (Å²) in [5.74, 6) is 0.311. The minimum absolute atomic E-state index is 0.0130. The summed E-state index contributed by atoms with van der Waals surface area (Å²) in [7, 11) is 0. The maximum absolute atomic E-state index is 12.6. The van der Waals surface area contributed by atoms with Gasteiger partial charge in [-0.2, -0.15) is 0 Å². The van der Waals surface area contributed by atoms with Crippen LogP contribution in [0.2, 0.25) is 5.02 Å². The molecule has 0 bridgehead atoms. The van der Waals surface area contributed by atoms with Gasteiger partial charge in [-0.1, -0.05) is 51.4 Å². The minimum Gasteiger partial charge on any atom is -0.354 e. The fourth-order valence-electron chi connectivity index (χ4n) is 2.49. The normalized spacial score (nSPS) is 12.1. The summed E-state index contributed by atoms with van der Waals surface area (Å²) < 4.78 is 0. The lowest BCUT2D eigenvalue weighted by molar-refractivity contribution is -0.141. The lowest BCUT2D eigenvalue weighted by Gasteiger charge is -2.31. The Hall–Kier alpha value is -1.55. The highest BCUT2D eigenvalue weighted by Gasteiger charge is 2.27. The summed E-state index contributed by atoms with van der Waals surface area (Å²) in [5, 5.41) is 3.61. The van der Waals surface area contributed by atoms with Crippen molar-refractivity contribution in [2.45, 2.75) is 59.5 Å². The van der Waals surface area contributed by atoms with Gasteiger partial charge in [-0.05, 0) is 36.5 Å². The molecule has 1 rings (SSSR count). The standard InChI is InChI=1S/C19H29ClN2O2/c1-5-7-18(23)22(13-15-8-10-16(20)11-9-15)17(6-2)19(24)21-12-14(3)4/h8-11,14,17H,5-7,12-13H2,1-4H3,(H,21,24)/t17-/m0/s1. The van der Waals surface area contributed by atoms with Crippen molar-refractivity contribution in [2.75, 3.05) is 6.54 Å². The van der Waals surface area contributed by atoms with E-state index in [4.69, 9.17) is 11.6 Å². The Morgan fingerprint density at radius 1 is 1.17 bits per heavy atom. The Morgan fingerprint density at radius 3 is 2.29 bits per heavy atom. The monoisotopic (exact) mass is 352 g/mol. The van der Waals surface area contributed by atoms with Gasteiger partial charge >= 0.3 is 0 Å². The quantitative estimate of drug-likeness (QED) is 0.729. The van der Waals surface area contributed by atoms with E-state index < -0.39 is 6.04 Å². The van der Waals surface area contributed by atoms with Crippen molar-refractivity contribution in [3.8, 4) is 0 Å². The zero-order valence-corrected chi connectivity index (χ0v) is 15.9. The van der Waals surface area contributed by atoms with Gasteiger partial charge in [-0.25, -0.2) is 0 Å². The van der Waals surface area contributed by atoms with E-state index in [9.17, 15) is 9.59 Å². The second kappa shape index (κ2) is 10.3. The summed E-state index contributed by atoms with van der Waals surface area (Å²) in [6.07, 6.45) is 1.80. The predicted molar refractivity (Wildman–Crippen MR) is 98.8 cm³/mol. The molecule has 24 heavy (non-hydrogen) atoms. The molecule has 1 aromatic rings. The lowest BCUT2D eigenvalue weighted by Crippen LogP contribution is -2.49. The highest BCUT2D eigenvalue weighted by molar-refractivity contribution is 6.30. The third-order valence-electron chi connectivity index (χ3n) is 3.80. The van der Waals surface area contributed by atoms with Crippen LogP contribution in [0, 0.1) is 5.92 Å². The molecule has 0 saturated carbocycles. The molecule has 134 valence electrons. The molecule has 0 spiro atoms. The van der Waals surface area contributed by atoms with E-state index in [0.29, 0.717) is 36.9 Å². The van der Waals surface area contributed by atoms with Crippen LogP contribution in [-0.4, -0.2) is 29.3 Å². The second-order valence-corrected chi connectivity index (χ2v) is 6.90. The first kappa shape index (κ1) is 20.5. The molecule has 2 amide bonds. The summed E-state index contributed by atoms with van der Waals surface area (Å²) in [6.45, 7) is 9.05. The number of rotatable bonds is 9. The largest absolute Gasteiger partial charge is 0.354 e. The highest BCUT2D eigenvalue weighted by atomic mass is 35.5. The van der Waals surface area contributed by atoms with Gasteiger partial charge in [-0.3, -0.25) is 9.59 Å². The van der Waals surface area contributed by atoms with Crippen LogP contribution in [0.3, 0.4) is 0 Å². The molecule has 1 N–H and O–H groups in total. The van der Waals surface area contributed by atoms with E-state index >= 15 is 0 Å². The SMILES string of the molecule is CCCC(=O)N(Cc1ccc(Cl)cc1)[C@@H](CC)C(=O)NCC(C)C. The highest BCUT2D eigenvalue weighted by Crippen LogP contribution is 2.16. The summed E-state index contributed by atoms with van der Waals surface area (Å²) >= 11 is 5.93. The first-order valence-electron chi connectivity index (χ1n) is 8.70. The Bertz CT molecular complexity index is 529. The van der Waals surface area contributed by atoms with E-state index in [1.807, 2.05) is 26.0 Å². The molecule has 1 atom stereocenters. The molecule has 0 aliphatic carbocycles. The molecule has 5 heteroatoms. The number of carbonyl (C=O) groups is 2. The average Bonchev–Trinajstić information content (AvgIpc) is 2.54. The average molecular weight is 353 g/mol. The van der Waals surface area contributed by atoms with Crippen molar-refractivity contribution < 1.29 is 9.59 Å². The van der Waals surface area contributed by atoms with Crippen molar-refractivity contribution in [2.24, 2.45) is 5.92 Å². The number of nitrogens with zero attached hydrogens (tertiary/aromatic N) is 1. The smallest absolute Gasteiger partial charge is 0.242 e. The zero-order chi connectivity index (χ0) is 18.1. The molecule has 0 aromatic heterocycles. The number of nitrogens with one attached hydrogen (secondary N) is 1. The predicted octanol–water partition coefficient (Wildman–Crippen LogP) is 4.02. The third kappa shape index (κ3) is 6.52. The van der Waals surface area contributed by atoms with Gasteiger partial charge in [0, 0.05) is 24.5 Å². The van der Waals surface area contributed by atoms with Crippen LogP contribution in [-0.2, 0) is 16.1 Å². The van der Waals surface area contributed by atoms with Crippen molar-refractivity contribution >= 4 is 23.4 Å².